The number of aryl methyl sites for hydroxylation is 1. The number of hydrogen-bond acceptors (Lipinski definition) is 1. The van der Waals surface area contributed by atoms with E-state index in [1.165, 1.54) is 16.9 Å². The highest BCUT2D eigenvalue weighted by molar-refractivity contribution is 9.09. The van der Waals surface area contributed by atoms with Crippen molar-refractivity contribution in [2.45, 2.75) is 19.6 Å². The monoisotopic (exact) mass is 272 g/mol. The first-order chi connectivity index (χ1) is 6.72. The third kappa shape index (κ3) is 4.52. The van der Waals surface area contributed by atoms with Crippen LogP contribution in [-0.4, -0.2) is 11.1 Å². The van der Waals surface area contributed by atoms with Gasteiger partial charge in [-0.2, -0.15) is 11.8 Å². The van der Waals surface area contributed by atoms with E-state index >= 15 is 0 Å². The fourth-order valence-corrected chi connectivity index (χ4v) is 2.81. The first-order valence-electron chi connectivity index (χ1n) is 4.91. The lowest BCUT2D eigenvalue weighted by Crippen LogP contribution is -1.99. The van der Waals surface area contributed by atoms with Gasteiger partial charge in [0.25, 0.3) is 0 Å². The van der Waals surface area contributed by atoms with Crippen LogP contribution in [0.3, 0.4) is 0 Å². The number of benzene rings is 1. The summed E-state index contributed by atoms with van der Waals surface area (Å²) in [6.07, 6.45) is 0. The zero-order valence-electron chi connectivity index (χ0n) is 8.79. The number of hydrogen-bond donors (Lipinski definition) is 0. The smallest absolute Gasteiger partial charge is 0.0184 e. The maximum Gasteiger partial charge on any atom is 0.0184 e. The Bertz CT molecular complexity index is 273. The molecule has 14 heavy (non-hydrogen) atoms. The number of alkyl halides is 1. The predicted octanol–water partition coefficient (Wildman–Crippen LogP) is 4.26. The van der Waals surface area contributed by atoms with Crippen molar-refractivity contribution in [3.05, 3.63) is 35.4 Å². The molecule has 0 nitrogen and oxygen atoms in total. The highest BCUT2D eigenvalue weighted by atomic mass is 79.9. The molecule has 0 heterocycles. The van der Waals surface area contributed by atoms with E-state index in [4.69, 9.17) is 0 Å². The van der Waals surface area contributed by atoms with Crippen LogP contribution in [0.15, 0.2) is 24.3 Å². The molecule has 0 fully saturated rings. The minimum absolute atomic E-state index is 0.768. The van der Waals surface area contributed by atoms with E-state index in [0.717, 1.165) is 17.0 Å². The maximum absolute atomic E-state index is 3.50. The zero-order chi connectivity index (χ0) is 10.4. The van der Waals surface area contributed by atoms with Crippen LogP contribution in [0.25, 0.3) is 0 Å². The molecule has 1 aromatic rings. The summed E-state index contributed by atoms with van der Waals surface area (Å²) < 4.78 is 0. The Morgan fingerprint density at radius 3 is 2.86 bits per heavy atom. The number of halogens is 1. The minimum Gasteiger partial charge on any atom is -0.157 e. The van der Waals surface area contributed by atoms with E-state index in [9.17, 15) is 0 Å². The molecule has 1 aromatic carbocycles. The van der Waals surface area contributed by atoms with Crippen molar-refractivity contribution in [3.63, 3.8) is 0 Å². The molecule has 0 aliphatic heterocycles. The lowest BCUT2D eigenvalue weighted by Gasteiger charge is -2.07. The lowest BCUT2D eigenvalue weighted by atomic mass is 10.2. The molecule has 0 saturated carbocycles. The van der Waals surface area contributed by atoms with Crippen LogP contribution >= 0.6 is 27.7 Å². The largest absolute Gasteiger partial charge is 0.157 e. The predicted molar refractivity (Wildman–Crippen MR) is 70.3 cm³/mol. The Balaban J connectivity index is 2.31. The standard InChI is InChI=1S/C12H17BrS/c1-10-4-3-5-12(6-10)9-14-8-11(2)7-13/h3-6,11H,7-9H2,1-2H3. The van der Waals surface area contributed by atoms with E-state index < -0.39 is 0 Å². The second-order valence-electron chi connectivity index (χ2n) is 3.76. The first kappa shape index (κ1) is 12.1. The van der Waals surface area contributed by atoms with Crippen LogP contribution in [0.1, 0.15) is 18.1 Å². The molecule has 0 saturated heterocycles. The quantitative estimate of drug-likeness (QED) is 0.722. The number of rotatable bonds is 5. The van der Waals surface area contributed by atoms with E-state index in [2.05, 4.69) is 54.0 Å². The molecular formula is C12H17BrS. The van der Waals surface area contributed by atoms with E-state index in [0.29, 0.717) is 0 Å². The summed E-state index contributed by atoms with van der Waals surface area (Å²) in [6, 6.07) is 8.76. The van der Waals surface area contributed by atoms with Gasteiger partial charge >= 0.3 is 0 Å². The molecule has 0 bridgehead atoms. The second-order valence-corrected chi connectivity index (χ2v) is 5.44. The molecule has 1 atom stereocenters. The first-order valence-corrected chi connectivity index (χ1v) is 7.19. The van der Waals surface area contributed by atoms with Crippen LogP contribution in [0.2, 0.25) is 0 Å². The molecule has 0 aliphatic carbocycles. The third-order valence-electron chi connectivity index (χ3n) is 2.02. The van der Waals surface area contributed by atoms with Crippen LogP contribution in [-0.2, 0) is 5.75 Å². The van der Waals surface area contributed by atoms with Crippen LogP contribution in [0, 0.1) is 12.8 Å². The van der Waals surface area contributed by atoms with Crippen molar-refractivity contribution >= 4 is 27.7 Å². The fraction of sp³-hybridized carbons (Fsp3) is 0.500. The zero-order valence-corrected chi connectivity index (χ0v) is 11.2. The average Bonchev–Trinajstić information content (AvgIpc) is 2.17. The average molecular weight is 273 g/mol. The van der Waals surface area contributed by atoms with Crippen molar-refractivity contribution in [2.24, 2.45) is 5.92 Å². The minimum atomic E-state index is 0.768. The van der Waals surface area contributed by atoms with Gasteiger partial charge in [0.05, 0.1) is 0 Å². The van der Waals surface area contributed by atoms with Gasteiger partial charge in [-0.3, -0.25) is 0 Å². The van der Waals surface area contributed by atoms with E-state index in [1.54, 1.807) is 0 Å². The summed E-state index contributed by atoms with van der Waals surface area (Å²) >= 11 is 5.52. The van der Waals surface area contributed by atoms with Crippen molar-refractivity contribution in [2.75, 3.05) is 11.1 Å². The van der Waals surface area contributed by atoms with Crippen molar-refractivity contribution in [1.29, 1.82) is 0 Å². The van der Waals surface area contributed by atoms with Crippen molar-refractivity contribution in [3.8, 4) is 0 Å². The maximum atomic E-state index is 3.50. The number of thioether (sulfide) groups is 1. The highest BCUT2D eigenvalue weighted by Gasteiger charge is 2.00. The molecule has 0 aromatic heterocycles. The molecule has 2 heteroatoms. The molecule has 0 N–H and O–H groups in total. The summed E-state index contributed by atoms with van der Waals surface area (Å²) in [4.78, 5) is 0. The Morgan fingerprint density at radius 2 is 2.21 bits per heavy atom. The summed E-state index contributed by atoms with van der Waals surface area (Å²) in [5.41, 5.74) is 2.80. The molecule has 0 amide bonds. The Labute approximate surface area is 99.6 Å². The van der Waals surface area contributed by atoms with Gasteiger partial charge in [0.2, 0.25) is 0 Å². The molecule has 1 unspecified atom stereocenters. The SMILES string of the molecule is Cc1cccc(CSCC(C)CBr)c1. The molecule has 0 aliphatic rings. The second kappa shape index (κ2) is 6.52. The summed E-state index contributed by atoms with van der Waals surface area (Å²) in [6.45, 7) is 4.42. The van der Waals surface area contributed by atoms with Gasteiger partial charge in [0, 0.05) is 11.1 Å². The van der Waals surface area contributed by atoms with Gasteiger partial charge in [-0.25, -0.2) is 0 Å². The van der Waals surface area contributed by atoms with Gasteiger partial charge in [0.1, 0.15) is 0 Å². The molecule has 78 valence electrons. The molecule has 0 spiro atoms. The van der Waals surface area contributed by atoms with Crippen LogP contribution in [0.5, 0.6) is 0 Å². The van der Waals surface area contributed by atoms with Crippen molar-refractivity contribution in [1.82, 2.24) is 0 Å². The van der Waals surface area contributed by atoms with E-state index in [-0.39, 0.29) is 0 Å². The molecule has 1 rings (SSSR count). The summed E-state index contributed by atoms with van der Waals surface area (Å²) in [5.74, 6) is 3.14. The summed E-state index contributed by atoms with van der Waals surface area (Å²) in [7, 11) is 0. The van der Waals surface area contributed by atoms with Crippen LogP contribution in [0.4, 0.5) is 0 Å². The van der Waals surface area contributed by atoms with Crippen LogP contribution < -0.4 is 0 Å². The molecule has 0 radical (unpaired) electrons. The summed E-state index contributed by atoms with van der Waals surface area (Å²) in [5, 5.41) is 1.10. The topological polar surface area (TPSA) is 0 Å². The van der Waals surface area contributed by atoms with Gasteiger partial charge in [-0.05, 0) is 24.2 Å². The normalized spacial score (nSPS) is 12.8. The van der Waals surface area contributed by atoms with Crippen molar-refractivity contribution < 1.29 is 0 Å². The van der Waals surface area contributed by atoms with Gasteiger partial charge in [-0.1, -0.05) is 52.7 Å². The Kier molecular flexibility index (Phi) is 5.64. The molecular weight excluding hydrogens is 256 g/mol. The third-order valence-corrected chi connectivity index (χ3v) is 4.46. The van der Waals surface area contributed by atoms with Gasteiger partial charge in [-0.15, -0.1) is 0 Å². The van der Waals surface area contributed by atoms with Gasteiger partial charge < -0.3 is 0 Å². The lowest BCUT2D eigenvalue weighted by molar-refractivity contribution is 0.770. The highest BCUT2D eigenvalue weighted by Crippen LogP contribution is 2.17. The van der Waals surface area contributed by atoms with Gasteiger partial charge in [0.15, 0.2) is 0 Å². The van der Waals surface area contributed by atoms with E-state index in [1.807, 2.05) is 11.8 Å². The Hall–Kier alpha value is 0.0500. The fourth-order valence-electron chi connectivity index (χ4n) is 1.22. The Morgan fingerprint density at radius 1 is 1.43 bits per heavy atom.